The minimum absolute atomic E-state index is 0.330. The number of benzene rings is 2. The molecule has 26 heavy (non-hydrogen) atoms. The van der Waals surface area contributed by atoms with Crippen LogP contribution in [0.25, 0.3) is 5.69 Å². The summed E-state index contributed by atoms with van der Waals surface area (Å²) in [6.07, 6.45) is 0.739. The molecular formula is C20H18BrClN2O2. The standard InChI is InChI=1S/C20H18BrClN2O2/c1-12-17(10-14-4-6-15(7-5-14)20(25)26-3)13(2)24(23-12)16-8-9-18(21)19(22)11-16/h4-9,11H,10H2,1-3H3. The number of hydrogen-bond donors (Lipinski definition) is 0. The van der Waals surface area contributed by atoms with Crippen LogP contribution in [0.3, 0.4) is 0 Å². The van der Waals surface area contributed by atoms with Gasteiger partial charge in [-0.1, -0.05) is 23.7 Å². The van der Waals surface area contributed by atoms with Gasteiger partial charge in [-0.3, -0.25) is 0 Å². The molecule has 0 amide bonds. The first kappa shape index (κ1) is 18.7. The van der Waals surface area contributed by atoms with Crippen molar-refractivity contribution < 1.29 is 9.53 Å². The highest BCUT2D eigenvalue weighted by molar-refractivity contribution is 9.10. The zero-order valence-electron chi connectivity index (χ0n) is 14.7. The number of carbonyl (C=O) groups is 1. The fourth-order valence-corrected chi connectivity index (χ4v) is 3.30. The minimum Gasteiger partial charge on any atom is -0.465 e. The van der Waals surface area contributed by atoms with Gasteiger partial charge in [-0.05, 0) is 65.7 Å². The number of esters is 1. The maximum Gasteiger partial charge on any atom is 0.337 e. The zero-order valence-corrected chi connectivity index (χ0v) is 17.1. The molecule has 2 aromatic carbocycles. The van der Waals surface area contributed by atoms with Crippen molar-refractivity contribution >= 4 is 33.5 Å². The van der Waals surface area contributed by atoms with E-state index < -0.39 is 0 Å². The van der Waals surface area contributed by atoms with Crippen LogP contribution in [-0.2, 0) is 11.2 Å². The number of ether oxygens (including phenoxy) is 1. The molecule has 3 rings (SSSR count). The molecule has 0 spiro atoms. The Balaban J connectivity index is 1.91. The third kappa shape index (κ3) is 3.69. The zero-order chi connectivity index (χ0) is 18.8. The van der Waals surface area contributed by atoms with Crippen molar-refractivity contribution in [2.24, 2.45) is 0 Å². The van der Waals surface area contributed by atoms with Crippen LogP contribution in [0.5, 0.6) is 0 Å². The number of rotatable bonds is 4. The first-order valence-corrected chi connectivity index (χ1v) is 9.25. The topological polar surface area (TPSA) is 44.1 Å². The van der Waals surface area contributed by atoms with Gasteiger partial charge in [0.1, 0.15) is 0 Å². The van der Waals surface area contributed by atoms with Gasteiger partial charge in [-0.25, -0.2) is 9.48 Å². The smallest absolute Gasteiger partial charge is 0.337 e. The highest BCUT2D eigenvalue weighted by atomic mass is 79.9. The second-order valence-corrected chi connectivity index (χ2v) is 7.29. The van der Waals surface area contributed by atoms with Crippen molar-refractivity contribution in [2.45, 2.75) is 20.3 Å². The predicted octanol–water partition coefficient (Wildman–Crippen LogP) is 5.28. The summed E-state index contributed by atoms with van der Waals surface area (Å²) in [5.74, 6) is -0.330. The molecule has 1 heterocycles. The molecule has 0 aliphatic carbocycles. The van der Waals surface area contributed by atoms with Crippen LogP contribution in [0.4, 0.5) is 0 Å². The highest BCUT2D eigenvalue weighted by Gasteiger charge is 2.14. The Bertz CT molecular complexity index is 965. The maximum atomic E-state index is 11.6. The van der Waals surface area contributed by atoms with E-state index in [4.69, 9.17) is 16.3 Å². The average molecular weight is 434 g/mol. The molecule has 1 aromatic heterocycles. The molecular weight excluding hydrogens is 416 g/mol. The fourth-order valence-electron chi connectivity index (χ4n) is 2.88. The minimum atomic E-state index is -0.330. The van der Waals surface area contributed by atoms with E-state index in [9.17, 15) is 4.79 Å². The summed E-state index contributed by atoms with van der Waals surface area (Å²) in [5.41, 5.74) is 5.78. The number of aryl methyl sites for hydroxylation is 1. The van der Waals surface area contributed by atoms with Crippen LogP contribution in [0, 0.1) is 13.8 Å². The Morgan fingerprint density at radius 3 is 2.50 bits per heavy atom. The Labute approximate surface area is 165 Å². The number of halogens is 2. The summed E-state index contributed by atoms with van der Waals surface area (Å²) in [6, 6.07) is 13.2. The normalized spacial score (nSPS) is 10.8. The van der Waals surface area contributed by atoms with Crippen LogP contribution in [0.2, 0.25) is 5.02 Å². The van der Waals surface area contributed by atoms with E-state index in [1.165, 1.54) is 7.11 Å². The summed E-state index contributed by atoms with van der Waals surface area (Å²) in [7, 11) is 1.38. The molecule has 0 aliphatic rings. The Morgan fingerprint density at radius 2 is 1.88 bits per heavy atom. The summed E-state index contributed by atoms with van der Waals surface area (Å²) < 4.78 is 7.50. The molecule has 0 bridgehead atoms. The number of aromatic nitrogens is 2. The van der Waals surface area contributed by atoms with E-state index in [1.54, 1.807) is 12.1 Å². The molecule has 0 fully saturated rings. The van der Waals surface area contributed by atoms with E-state index in [0.29, 0.717) is 10.6 Å². The fraction of sp³-hybridized carbons (Fsp3) is 0.200. The third-order valence-corrected chi connectivity index (χ3v) is 5.58. The van der Waals surface area contributed by atoms with E-state index in [2.05, 4.69) is 21.0 Å². The van der Waals surface area contributed by atoms with Crippen LogP contribution in [0.15, 0.2) is 46.9 Å². The van der Waals surface area contributed by atoms with E-state index in [1.807, 2.05) is 48.9 Å². The molecule has 0 unspecified atom stereocenters. The van der Waals surface area contributed by atoms with Gasteiger partial charge in [0.2, 0.25) is 0 Å². The number of carbonyl (C=O) groups excluding carboxylic acids is 1. The van der Waals surface area contributed by atoms with Gasteiger partial charge in [0.05, 0.1) is 29.1 Å². The lowest BCUT2D eigenvalue weighted by Gasteiger charge is -2.07. The molecule has 4 nitrogen and oxygen atoms in total. The van der Waals surface area contributed by atoms with Crippen LogP contribution in [0.1, 0.15) is 32.9 Å². The number of hydrogen-bond acceptors (Lipinski definition) is 3. The second-order valence-electron chi connectivity index (χ2n) is 6.02. The van der Waals surface area contributed by atoms with Crippen LogP contribution >= 0.6 is 27.5 Å². The van der Waals surface area contributed by atoms with Gasteiger partial charge in [0.15, 0.2) is 0 Å². The molecule has 0 N–H and O–H groups in total. The van der Waals surface area contributed by atoms with Gasteiger partial charge < -0.3 is 4.74 Å². The summed E-state index contributed by atoms with van der Waals surface area (Å²) in [5, 5.41) is 5.32. The Hall–Kier alpha value is -2.11. The van der Waals surface area contributed by atoms with E-state index in [0.717, 1.165) is 39.1 Å². The lowest BCUT2D eigenvalue weighted by Crippen LogP contribution is -2.01. The lowest BCUT2D eigenvalue weighted by molar-refractivity contribution is 0.0600. The molecule has 0 aliphatic heterocycles. The van der Waals surface area contributed by atoms with Crippen LogP contribution in [-0.4, -0.2) is 22.9 Å². The van der Waals surface area contributed by atoms with Crippen molar-refractivity contribution in [3.63, 3.8) is 0 Å². The van der Waals surface area contributed by atoms with Gasteiger partial charge in [-0.15, -0.1) is 0 Å². The Kier molecular flexibility index (Phi) is 5.49. The molecule has 0 radical (unpaired) electrons. The van der Waals surface area contributed by atoms with Crippen molar-refractivity contribution in [2.75, 3.05) is 7.11 Å². The second kappa shape index (κ2) is 7.64. The number of nitrogens with zero attached hydrogens (tertiary/aromatic N) is 2. The SMILES string of the molecule is COC(=O)c1ccc(Cc2c(C)nn(-c3ccc(Br)c(Cl)c3)c2C)cc1. The molecule has 0 saturated carbocycles. The molecule has 3 aromatic rings. The summed E-state index contributed by atoms with van der Waals surface area (Å²) in [6.45, 7) is 4.05. The van der Waals surface area contributed by atoms with Crippen molar-refractivity contribution in [1.82, 2.24) is 9.78 Å². The number of methoxy groups -OCH3 is 1. The highest BCUT2D eigenvalue weighted by Crippen LogP contribution is 2.27. The average Bonchev–Trinajstić information content (AvgIpc) is 2.92. The molecule has 0 saturated heterocycles. The Morgan fingerprint density at radius 1 is 1.19 bits per heavy atom. The van der Waals surface area contributed by atoms with Gasteiger partial charge in [0, 0.05) is 22.2 Å². The van der Waals surface area contributed by atoms with E-state index in [-0.39, 0.29) is 5.97 Å². The molecule has 134 valence electrons. The van der Waals surface area contributed by atoms with Gasteiger partial charge in [0.25, 0.3) is 0 Å². The largest absolute Gasteiger partial charge is 0.465 e. The lowest BCUT2D eigenvalue weighted by atomic mass is 10.0. The third-order valence-electron chi connectivity index (χ3n) is 4.34. The first-order valence-electron chi connectivity index (χ1n) is 8.08. The summed E-state index contributed by atoms with van der Waals surface area (Å²) in [4.78, 5) is 11.6. The predicted molar refractivity (Wildman–Crippen MR) is 106 cm³/mol. The maximum absolute atomic E-state index is 11.6. The van der Waals surface area contributed by atoms with Crippen LogP contribution < -0.4 is 0 Å². The van der Waals surface area contributed by atoms with E-state index >= 15 is 0 Å². The molecule has 6 heteroatoms. The first-order chi connectivity index (χ1) is 12.4. The quantitative estimate of drug-likeness (QED) is 0.526. The van der Waals surface area contributed by atoms with Gasteiger partial charge in [-0.2, -0.15) is 5.10 Å². The van der Waals surface area contributed by atoms with Crippen molar-refractivity contribution in [3.05, 3.63) is 80.0 Å². The molecule has 0 atom stereocenters. The monoisotopic (exact) mass is 432 g/mol. The van der Waals surface area contributed by atoms with Gasteiger partial charge >= 0.3 is 5.97 Å². The van der Waals surface area contributed by atoms with Crippen molar-refractivity contribution in [3.8, 4) is 5.69 Å². The summed E-state index contributed by atoms with van der Waals surface area (Å²) >= 11 is 9.63. The van der Waals surface area contributed by atoms with Crippen molar-refractivity contribution in [1.29, 1.82) is 0 Å².